The molecule has 0 radical (unpaired) electrons. The SMILES string of the molecule is NCC1COCCN1c1cc(Cl)ccc1Cl. The van der Waals surface area contributed by atoms with Crippen LogP contribution in [-0.2, 0) is 4.74 Å². The zero-order valence-corrected chi connectivity index (χ0v) is 10.3. The van der Waals surface area contributed by atoms with Crippen LogP contribution < -0.4 is 10.6 Å². The highest BCUT2D eigenvalue weighted by Crippen LogP contribution is 2.31. The molecule has 0 aromatic heterocycles. The Morgan fingerprint density at radius 2 is 2.25 bits per heavy atom. The quantitative estimate of drug-likeness (QED) is 0.886. The van der Waals surface area contributed by atoms with E-state index in [4.69, 9.17) is 33.7 Å². The van der Waals surface area contributed by atoms with Crippen LogP contribution in [0.1, 0.15) is 0 Å². The second-order valence-electron chi connectivity index (χ2n) is 3.75. The van der Waals surface area contributed by atoms with Crippen molar-refractivity contribution in [3.8, 4) is 0 Å². The van der Waals surface area contributed by atoms with Crippen molar-refractivity contribution in [3.05, 3.63) is 28.2 Å². The molecule has 0 spiro atoms. The Kier molecular flexibility index (Phi) is 3.92. The summed E-state index contributed by atoms with van der Waals surface area (Å²) >= 11 is 12.1. The monoisotopic (exact) mass is 260 g/mol. The maximum atomic E-state index is 6.17. The van der Waals surface area contributed by atoms with Gasteiger partial charge in [-0.25, -0.2) is 0 Å². The number of nitrogens with zero attached hydrogens (tertiary/aromatic N) is 1. The summed E-state index contributed by atoms with van der Waals surface area (Å²) in [6.07, 6.45) is 0. The molecule has 2 rings (SSSR count). The summed E-state index contributed by atoms with van der Waals surface area (Å²) < 4.78 is 5.40. The molecule has 1 fully saturated rings. The van der Waals surface area contributed by atoms with Crippen molar-refractivity contribution >= 4 is 28.9 Å². The molecule has 1 aliphatic rings. The van der Waals surface area contributed by atoms with Crippen molar-refractivity contribution in [2.45, 2.75) is 6.04 Å². The van der Waals surface area contributed by atoms with Crippen LogP contribution in [0.25, 0.3) is 0 Å². The van der Waals surface area contributed by atoms with Gasteiger partial charge in [-0.3, -0.25) is 0 Å². The number of ether oxygens (including phenoxy) is 1. The molecule has 5 heteroatoms. The molecule has 1 aromatic carbocycles. The molecule has 88 valence electrons. The molecular weight excluding hydrogens is 247 g/mol. The highest BCUT2D eigenvalue weighted by Gasteiger charge is 2.23. The highest BCUT2D eigenvalue weighted by molar-refractivity contribution is 6.35. The first-order valence-electron chi connectivity index (χ1n) is 5.22. The number of morpholine rings is 1. The summed E-state index contributed by atoms with van der Waals surface area (Å²) in [6, 6.07) is 5.63. The Hall–Kier alpha value is -0.480. The Bertz CT molecular complexity index is 373. The zero-order valence-electron chi connectivity index (χ0n) is 8.83. The number of nitrogens with two attached hydrogens (primary N) is 1. The van der Waals surface area contributed by atoms with Crippen LogP contribution in [0.5, 0.6) is 0 Å². The van der Waals surface area contributed by atoms with Gasteiger partial charge >= 0.3 is 0 Å². The maximum absolute atomic E-state index is 6.17. The molecule has 0 amide bonds. The molecule has 0 aliphatic carbocycles. The van der Waals surface area contributed by atoms with Crippen molar-refractivity contribution in [3.63, 3.8) is 0 Å². The van der Waals surface area contributed by atoms with Gasteiger partial charge in [0.1, 0.15) is 0 Å². The van der Waals surface area contributed by atoms with Crippen molar-refractivity contribution < 1.29 is 4.74 Å². The van der Waals surface area contributed by atoms with E-state index in [-0.39, 0.29) is 6.04 Å². The van der Waals surface area contributed by atoms with Crippen LogP contribution in [0, 0.1) is 0 Å². The fourth-order valence-corrected chi connectivity index (χ4v) is 2.27. The highest BCUT2D eigenvalue weighted by atomic mass is 35.5. The molecule has 1 aromatic rings. The second-order valence-corrected chi connectivity index (χ2v) is 4.60. The minimum atomic E-state index is 0.171. The maximum Gasteiger partial charge on any atom is 0.0683 e. The smallest absolute Gasteiger partial charge is 0.0683 e. The Morgan fingerprint density at radius 1 is 1.44 bits per heavy atom. The summed E-state index contributed by atoms with van der Waals surface area (Å²) in [6.45, 7) is 2.67. The average Bonchev–Trinajstić information content (AvgIpc) is 2.32. The fraction of sp³-hybridized carbons (Fsp3) is 0.455. The molecule has 1 saturated heterocycles. The average molecular weight is 261 g/mol. The number of hydrogen-bond acceptors (Lipinski definition) is 3. The molecule has 1 unspecified atom stereocenters. The van der Waals surface area contributed by atoms with Crippen molar-refractivity contribution in [2.24, 2.45) is 5.73 Å². The largest absolute Gasteiger partial charge is 0.377 e. The fourth-order valence-electron chi connectivity index (χ4n) is 1.87. The van der Waals surface area contributed by atoms with Gasteiger partial charge in [-0.2, -0.15) is 0 Å². The molecule has 0 bridgehead atoms. The van der Waals surface area contributed by atoms with E-state index in [1.807, 2.05) is 12.1 Å². The summed E-state index contributed by atoms with van der Waals surface area (Å²) in [7, 11) is 0. The molecule has 1 heterocycles. The standard InChI is InChI=1S/C11H14Cl2N2O/c12-8-1-2-10(13)11(5-8)15-3-4-16-7-9(15)6-14/h1-2,5,9H,3-4,6-7,14H2. The molecule has 3 nitrogen and oxygen atoms in total. The molecule has 2 N–H and O–H groups in total. The predicted octanol–water partition coefficient (Wildman–Crippen LogP) is 2.16. The van der Waals surface area contributed by atoms with Gasteiger partial charge in [-0.05, 0) is 18.2 Å². The summed E-state index contributed by atoms with van der Waals surface area (Å²) in [4.78, 5) is 2.16. The van der Waals surface area contributed by atoms with Crippen molar-refractivity contribution in [2.75, 3.05) is 31.2 Å². The van der Waals surface area contributed by atoms with Gasteiger partial charge in [0, 0.05) is 18.1 Å². The van der Waals surface area contributed by atoms with Crippen LogP contribution in [0.15, 0.2) is 18.2 Å². The van der Waals surface area contributed by atoms with Crippen LogP contribution in [0.2, 0.25) is 10.0 Å². The summed E-state index contributed by atoms with van der Waals surface area (Å²) in [5, 5.41) is 1.38. The van der Waals surface area contributed by atoms with E-state index in [1.165, 1.54) is 0 Å². The number of hydrogen-bond donors (Lipinski definition) is 1. The minimum Gasteiger partial charge on any atom is -0.377 e. The van der Waals surface area contributed by atoms with Gasteiger partial charge in [0.15, 0.2) is 0 Å². The van der Waals surface area contributed by atoms with E-state index in [0.29, 0.717) is 29.8 Å². The third-order valence-electron chi connectivity index (χ3n) is 2.72. The van der Waals surface area contributed by atoms with E-state index < -0.39 is 0 Å². The Balaban J connectivity index is 2.30. The normalized spacial score (nSPS) is 21.2. The third kappa shape index (κ3) is 2.43. The van der Waals surface area contributed by atoms with Crippen molar-refractivity contribution in [1.82, 2.24) is 0 Å². The van der Waals surface area contributed by atoms with E-state index in [0.717, 1.165) is 12.2 Å². The lowest BCUT2D eigenvalue weighted by molar-refractivity contribution is 0.0963. The van der Waals surface area contributed by atoms with Crippen LogP contribution >= 0.6 is 23.2 Å². The zero-order chi connectivity index (χ0) is 11.5. The van der Waals surface area contributed by atoms with E-state index >= 15 is 0 Å². The lowest BCUT2D eigenvalue weighted by Gasteiger charge is -2.37. The van der Waals surface area contributed by atoms with Gasteiger partial charge in [0.05, 0.1) is 30.0 Å². The number of benzene rings is 1. The number of rotatable bonds is 2. The van der Waals surface area contributed by atoms with E-state index in [1.54, 1.807) is 6.07 Å². The number of halogens is 2. The summed E-state index contributed by atoms with van der Waals surface area (Å²) in [5.74, 6) is 0. The molecule has 0 saturated carbocycles. The third-order valence-corrected chi connectivity index (χ3v) is 3.27. The van der Waals surface area contributed by atoms with Gasteiger partial charge in [0.25, 0.3) is 0 Å². The first-order valence-corrected chi connectivity index (χ1v) is 5.97. The molecule has 16 heavy (non-hydrogen) atoms. The number of anilines is 1. The summed E-state index contributed by atoms with van der Waals surface area (Å²) in [5.41, 5.74) is 6.66. The lowest BCUT2D eigenvalue weighted by atomic mass is 10.2. The topological polar surface area (TPSA) is 38.5 Å². The van der Waals surface area contributed by atoms with E-state index in [2.05, 4.69) is 4.90 Å². The van der Waals surface area contributed by atoms with Gasteiger partial charge < -0.3 is 15.4 Å². The molecule has 1 atom stereocenters. The molecular formula is C11H14Cl2N2O. The van der Waals surface area contributed by atoms with Gasteiger partial charge in [0.2, 0.25) is 0 Å². The minimum absolute atomic E-state index is 0.171. The first-order chi connectivity index (χ1) is 7.72. The van der Waals surface area contributed by atoms with Crippen LogP contribution in [0.4, 0.5) is 5.69 Å². The Labute approximate surface area is 105 Å². The van der Waals surface area contributed by atoms with Crippen LogP contribution in [0.3, 0.4) is 0 Å². The first kappa shape index (κ1) is 12.0. The van der Waals surface area contributed by atoms with Gasteiger partial charge in [-0.15, -0.1) is 0 Å². The van der Waals surface area contributed by atoms with Gasteiger partial charge in [-0.1, -0.05) is 23.2 Å². The second kappa shape index (κ2) is 5.23. The Morgan fingerprint density at radius 3 is 3.00 bits per heavy atom. The van der Waals surface area contributed by atoms with E-state index in [9.17, 15) is 0 Å². The van der Waals surface area contributed by atoms with Crippen LogP contribution in [-0.4, -0.2) is 32.3 Å². The lowest BCUT2D eigenvalue weighted by Crippen LogP contribution is -2.49. The van der Waals surface area contributed by atoms with Crippen molar-refractivity contribution in [1.29, 1.82) is 0 Å². The molecule has 1 aliphatic heterocycles. The predicted molar refractivity (Wildman–Crippen MR) is 67.5 cm³/mol.